The number of piperidine rings is 1. The lowest BCUT2D eigenvalue weighted by Gasteiger charge is -2.30. The lowest BCUT2D eigenvalue weighted by atomic mass is 10.1. The number of anilines is 2. The number of hydrogen-bond acceptors (Lipinski definition) is 4. The summed E-state index contributed by atoms with van der Waals surface area (Å²) in [6.45, 7) is 3.88. The van der Waals surface area contributed by atoms with Gasteiger partial charge in [-0.1, -0.05) is 0 Å². The summed E-state index contributed by atoms with van der Waals surface area (Å²) in [4.78, 5) is 14.6. The van der Waals surface area contributed by atoms with Gasteiger partial charge in [-0.3, -0.25) is 4.79 Å². The number of amides is 1. The van der Waals surface area contributed by atoms with Gasteiger partial charge in [0.25, 0.3) is 5.91 Å². The molecule has 2 heterocycles. The minimum absolute atomic E-state index is 0.0282. The Kier molecular flexibility index (Phi) is 3.78. The summed E-state index contributed by atoms with van der Waals surface area (Å²) in [5.74, 6) is 0.0282. The molecular formula is C15H22N4O. The first-order chi connectivity index (χ1) is 9.72. The van der Waals surface area contributed by atoms with Crippen LogP contribution < -0.4 is 16.0 Å². The number of likely N-dealkylation sites (N-methyl/N-ethyl adjacent to an activating group) is 1. The third kappa shape index (κ3) is 2.88. The van der Waals surface area contributed by atoms with Crippen molar-refractivity contribution >= 4 is 17.3 Å². The van der Waals surface area contributed by atoms with Crippen molar-refractivity contribution in [2.24, 2.45) is 0 Å². The number of likely N-dealkylation sites (tertiary alicyclic amines) is 1. The van der Waals surface area contributed by atoms with Crippen LogP contribution in [0.2, 0.25) is 0 Å². The van der Waals surface area contributed by atoms with Gasteiger partial charge in [-0.15, -0.1) is 0 Å². The molecule has 0 saturated carbocycles. The maximum Gasteiger partial charge on any atom is 0.251 e. The number of nitrogens with one attached hydrogen (secondary N) is 3. The van der Waals surface area contributed by atoms with Crippen molar-refractivity contribution in [2.45, 2.75) is 18.9 Å². The SMILES string of the molecule is CN1CCCC(NC(=O)c2ccc3c(c2)NCCN3)C1. The number of rotatable bonds is 2. The Morgan fingerprint density at radius 3 is 2.90 bits per heavy atom. The van der Waals surface area contributed by atoms with Gasteiger partial charge in [-0.05, 0) is 44.6 Å². The number of benzene rings is 1. The number of hydrogen-bond donors (Lipinski definition) is 3. The molecule has 0 radical (unpaired) electrons. The number of fused-ring (bicyclic) bond motifs is 1. The summed E-state index contributed by atoms with van der Waals surface area (Å²) < 4.78 is 0. The second kappa shape index (κ2) is 5.71. The average molecular weight is 274 g/mol. The third-order valence-electron chi connectivity index (χ3n) is 4.00. The van der Waals surface area contributed by atoms with E-state index in [-0.39, 0.29) is 11.9 Å². The predicted molar refractivity (Wildman–Crippen MR) is 81.4 cm³/mol. The van der Waals surface area contributed by atoms with Crippen molar-refractivity contribution in [1.82, 2.24) is 10.2 Å². The number of carbonyl (C=O) groups is 1. The summed E-state index contributed by atoms with van der Waals surface area (Å²) >= 11 is 0. The molecule has 1 fully saturated rings. The fraction of sp³-hybridized carbons (Fsp3) is 0.533. The maximum atomic E-state index is 12.3. The standard InChI is InChI=1S/C15H22N4O/c1-19-8-2-3-12(10-19)18-15(20)11-4-5-13-14(9-11)17-7-6-16-13/h4-5,9,12,16-17H,2-3,6-8,10H2,1H3,(H,18,20). The van der Waals surface area contributed by atoms with E-state index < -0.39 is 0 Å². The summed E-state index contributed by atoms with van der Waals surface area (Å²) in [5, 5.41) is 9.78. The zero-order chi connectivity index (χ0) is 13.9. The zero-order valence-electron chi connectivity index (χ0n) is 11.9. The number of carbonyl (C=O) groups excluding carboxylic acids is 1. The quantitative estimate of drug-likeness (QED) is 0.762. The molecule has 2 aliphatic rings. The van der Waals surface area contributed by atoms with Crippen LogP contribution in [0.15, 0.2) is 18.2 Å². The normalized spacial score (nSPS) is 22.4. The Bertz CT molecular complexity index is 503. The van der Waals surface area contributed by atoms with Gasteiger partial charge < -0.3 is 20.9 Å². The highest BCUT2D eigenvalue weighted by Crippen LogP contribution is 2.25. The van der Waals surface area contributed by atoms with E-state index in [1.54, 1.807) is 0 Å². The Morgan fingerprint density at radius 2 is 2.10 bits per heavy atom. The van der Waals surface area contributed by atoms with Crippen LogP contribution in [0.3, 0.4) is 0 Å². The van der Waals surface area contributed by atoms with Crippen LogP contribution in [-0.2, 0) is 0 Å². The van der Waals surface area contributed by atoms with Crippen LogP contribution in [0, 0.1) is 0 Å². The highest BCUT2D eigenvalue weighted by molar-refractivity contribution is 5.96. The molecule has 0 bridgehead atoms. The topological polar surface area (TPSA) is 56.4 Å². The molecule has 1 atom stereocenters. The Labute approximate surface area is 119 Å². The Hall–Kier alpha value is -1.75. The van der Waals surface area contributed by atoms with Crippen LogP contribution in [0.1, 0.15) is 23.2 Å². The molecule has 1 unspecified atom stereocenters. The van der Waals surface area contributed by atoms with E-state index in [0.29, 0.717) is 0 Å². The molecule has 2 aliphatic heterocycles. The van der Waals surface area contributed by atoms with E-state index in [9.17, 15) is 4.79 Å². The van der Waals surface area contributed by atoms with Gasteiger partial charge in [0, 0.05) is 31.2 Å². The molecule has 0 aromatic heterocycles. The first-order valence-electron chi connectivity index (χ1n) is 7.33. The zero-order valence-corrected chi connectivity index (χ0v) is 11.9. The van der Waals surface area contributed by atoms with Crippen molar-refractivity contribution in [3.8, 4) is 0 Å². The molecule has 1 saturated heterocycles. The minimum atomic E-state index is 0.0282. The monoisotopic (exact) mass is 274 g/mol. The van der Waals surface area contributed by atoms with E-state index >= 15 is 0 Å². The van der Waals surface area contributed by atoms with Gasteiger partial charge in [-0.25, -0.2) is 0 Å². The largest absolute Gasteiger partial charge is 0.382 e. The molecule has 5 nitrogen and oxygen atoms in total. The average Bonchev–Trinajstić information content (AvgIpc) is 2.47. The van der Waals surface area contributed by atoms with Gasteiger partial charge in [0.2, 0.25) is 0 Å². The Balaban J connectivity index is 1.67. The molecule has 3 N–H and O–H groups in total. The third-order valence-corrected chi connectivity index (χ3v) is 4.00. The van der Waals surface area contributed by atoms with Gasteiger partial charge in [0.1, 0.15) is 0 Å². The minimum Gasteiger partial charge on any atom is -0.382 e. The second-order valence-electron chi connectivity index (χ2n) is 5.69. The summed E-state index contributed by atoms with van der Waals surface area (Å²) in [7, 11) is 2.10. The summed E-state index contributed by atoms with van der Waals surface area (Å²) in [5.41, 5.74) is 2.82. The predicted octanol–water partition coefficient (Wildman–Crippen LogP) is 1.35. The fourth-order valence-corrected chi connectivity index (χ4v) is 2.93. The van der Waals surface area contributed by atoms with E-state index in [0.717, 1.165) is 56.0 Å². The molecule has 3 rings (SSSR count). The maximum absolute atomic E-state index is 12.3. The molecule has 1 aromatic carbocycles. The van der Waals surface area contributed by atoms with Crippen molar-refractivity contribution in [2.75, 3.05) is 43.9 Å². The van der Waals surface area contributed by atoms with Crippen LogP contribution >= 0.6 is 0 Å². The molecule has 0 spiro atoms. The smallest absolute Gasteiger partial charge is 0.251 e. The molecule has 1 aromatic rings. The van der Waals surface area contributed by atoms with E-state index in [2.05, 4.69) is 27.9 Å². The first kappa shape index (κ1) is 13.2. The molecule has 1 amide bonds. The Morgan fingerprint density at radius 1 is 1.30 bits per heavy atom. The highest BCUT2D eigenvalue weighted by atomic mass is 16.1. The number of nitrogens with zero attached hydrogens (tertiary/aromatic N) is 1. The lowest BCUT2D eigenvalue weighted by molar-refractivity contribution is 0.0912. The van der Waals surface area contributed by atoms with Crippen molar-refractivity contribution in [3.05, 3.63) is 23.8 Å². The van der Waals surface area contributed by atoms with Crippen molar-refractivity contribution < 1.29 is 4.79 Å². The van der Waals surface area contributed by atoms with E-state index in [1.807, 2.05) is 18.2 Å². The molecular weight excluding hydrogens is 252 g/mol. The molecule has 5 heteroatoms. The summed E-state index contributed by atoms with van der Waals surface area (Å²) in [6.07, 6.45) is 2.22. The molecule has 108 valence electrons. The second-order valence-corrected chi connectivity index (χ2v) is 5.69. The first-order valence-corrected chi connectivity index (χ1v) is 7.33. The van der Waals surface area contributed by atoms with Crippen LogP contribution in [0.5, 0.6) is 0 Å². The van der Waals surface area contributed by atoms with Crippen molar-refractivity contribution in [1.29, 1.82) is 0 Å². The van der Waals surface area contributed by atoms with Crippen molar-refractivity contribution in [3.63, 3.8) is 0 Å². The summed E-state index contributed by atoms with van der Waals surface area (Å²) in [6, 6.07) is 6.07. The van der Waals surface area contributed by atoms with Gasteiger partial charge in [0.05, 0.1) is 11.4 Å². The fourth-order valence-electron chi connectivity index (χ4n) is 2.93. The van der Waals surface area contributed by atoms with Crippen LogP contribution in [0.4, 0.5) is 11.4 Å². The van der Waals surface area contributed by atoms with Gasteiger partial charge in [-0.2, -0.15) is 0 Å². The van der Waals surface area contributed by atoms with E-state index in [4.69, 9.17) is 0 Å². The van der Waals surface area contributed by atoms with Crippen LogP contribution in [-0.4, -0.2) is 50.1 Å². The molecule has 0 aliphatic carbocycles. The van der Waals surface area contributed by atoms with E-state index in [1.165, 1.54) is 0 Å². The van der Waals surface area contributed by atoms with Crippen LogP contribution in [0.25, 0.3) is 0 Å². The highest BCUT2D eigenvalue weighted by Gasteiger charge is 2.20. The lowest BCUT2D eigenvalue weighted by Crippen LogP contribution is -2.46. The van der Waals surface area contributed by atoms with Gasteiger partial charge in [0.15, 0.2) is 0 Å². The molecule has 20 heavy (non-hydrogen) atoms. The van der Waals surface area contributed by atoms with Gasteiger partial charge >= 0.3 is 0 Å².